The van der Waals surface area contributed by atoms with Crippen molar-refractivity contribution in [3.63, 3.8) is 0 Å². The Bertz CT molecular complexity index is 1380. The number of hydrogen-bond donors (Lipinski definition) is 1. The SMILES string of the molecule is O=C(NCc1ccccc1Cn1cncn1)c1nc(-c2cccs2)n(-c2cccc(F)c2)n1. The molecule has 0 saturated heterocycles. The van der Waals surface area contributed by atoms with Gasteiger partial charge >= 0.3 is 0 Å². The fraction of sp³-hybridized carbons (Fsp3) is 0.0870. The molecule has 0 saturated carbocycles. The van der Waals surface area contributed by atoms with E-state index in [1.54, 1.807) is 23.1 Å². The number of hydrogen-bond acceptors (Lipinski definition) is 6. The molecule has 0 unspecified atom stereocenters. The van der Waals surface area contributed by atoms with Crippen LogP contribution in [0, 0.1) is 5.82 Å². The minimum atomic E-state index is -0.418. The molecule has 1 N–H and O–H groups in total. The first-order chi connectivity index (χ1) is 16.2. The maximum Gasteiger partial charge on any atom is 0.291 e. The summed E-state index contributed by atoms with van der Waals surface area (Å²) in [4.78, 5) is 22.2. The zero-order valence-corrected chi connectivity index (χ0v) is 18.1. The van der Waals surface area contributed by atoms with Gasteiger partial charge in [-0.2, -0.15) is 5.10 Å². The van der Waals surface area contributed by atoms with Gasteiger partial charge in [-0.25, -0.2) is 23.7 Å². The van der Waals surface area contributed by atoms with Gasteiger partial charge in [0.2, 0.25) is 5.82 Å². The Hall–Kier alpha value is -4.18. The van der Waals surface area contributed by atoms with Crippen molar-refractivity contribution >= 4 is 17.2 Å². The predicted octanol–water partition coefficient (Wildman–Crippen LogP) is 3.70. The molecular formula is C23H18FN7OS. The molecule has 3 aromatic heterocycles. The molecule has 5 aromatic rings. The van der Waals surface area contributed by atoms with Crippen molar-refractivity contribution < 1.29 is 9.18 Å². The van der Waals surface area contributed by atoms with Gasteiger partial charge in [0.05, 0.1) is 17.1 Å². The van der Waals surface area contributed by atoms with Gasteiger partial charge in [-0.05, 0) is 40.8 Å². The van der Waals surface area contributed by atoms with E-state index in [0.29, 0.717) is 24.6 Å². The summed E-state index contributed by atoms with van der Waals surface area (Å²) in [6.45, 7) is 0.841. The second-order valence-corrected chi connectivity index (χ2v) is 8.12. The van der Waals surface area contributed by atoms with Crippen LogP contribution in [-0.4, -0.2) is 35.4 Å². The average molecular weight is 460 g/mol. The standard InChI is InChI=1S/C23H18FN7OS/c24-18-7-3-8-19(11-18)31-22(20-9-4-10-33-20)28-21(29-31)23(32)26-12-16-5-1-2-6-17(16)13-30-15-25-14-27-30/h1-11,14-15H,12-13H2,(H,26,32). The third-order valence-electron chi connectivity index (χ3n) is 4.96. The van der Waals surface area contributed by atoms with Crippen molar-refractivity contribution in [3.8, 4) is 16.4 Å². The number of nitrogens with zero attached hydrogens (tertiary/aromatic N) is 6. The lowest BCUT2D eigenvalue weighted by atomic mass is 10.1. The lowest BCUT2D eigenvalue weighted by Gasteiger charge is -2.10. The summed E-state index contributed by atoms with van der Waals surface area (Å²) in [5.74, 6) is -0.322. The summed E-state index contributed by atoms with van der Waals surface area (Å²) in [5.41, 5.74) is 2.45. The van der Waals surface area contributed by atoms with Crippen LogP contribution < -0.4 is 5.32 Å². The Morgan fingerprint density at radius 1 is 1.06 bits per heavy atom. The number of halogens is 1. The summed E-state index contributed by atoms with van der Waals surface area (Å²) in [7, 11) is 0. The predicted molar refractivity (Wildman–Crippen MR) is 121 cm³/mol. The average Bonchev–Trinajstić information content (AvgIpc) is 3.60. The number of aromatic nitrogens is 6. The summed E-state index contributed by atoms with van der Waals surface area (Å²) in [5, 5.41) is 13.3. The van der Waals surface area contributed by atoms with Gasteiger partial charge in [0.25, 0.3) is 5.91 Å². The molecule has 5 rings (SSSR count). The normalized spacial score (nSPS) is 10.9. The van der Waals surface area contributed by atoms with Crippen LogP contribution in [0.25, 0.3) is 16.4 Å². The van der Waals surface area contributed by atoms with E-state index < -0.39 is 11.7 Å². The van der Waals surface area contributed by atoms with Gasteiger partial charge in [-0.1, -0.05) is 36.4 Å². The van der Waals surface area contributed by atoms with Crippen LogP contribution in [0.1, 0.15) is 21.7 Å². The smallest absolute Gasteiger partial charge is 0.291 e. The lowest BCUT2D eigenvalue weighted by molar-refractivity contribution is 0.0940. The number of benzene rings is 2. The molecule has 1 amide bonds. The van der Waals surface area contributed by atoms with Crippen molar-refractivity contribution in [2.75, 3.05) is 0 Å². The van der Waals surface area contributed by atoms with Gasteiger partial charge in [0, 0.05) is 6.54 Å². The minimum Gasteiger partial charge on any atom is -0.345 e. The molecule has 0 atom stereocenters. The van der Waals surface area contributed by atoms with E-state index >= 15 is 0 Å². The third kappa shape index (κ3) is 4.55. The largest absolute Gasteiger partial charge is 0.345 e. The molecule has 0 spiro atoms. The van der Waals surface area contributed by atoms with Crippen LogP contribution in [0.5, 0.6) is 0 Å². The highest BCUT2D eigenvalue weighted by molar-refractivity contribution is 7.13. The maximum atomic E-state index is 13.8. The van der Waals surface area contributed by atoms with Crippen molar-refractivity contribution in [3.05, 3.63) is 101 Å². The number of rotatable bonds is 7. The summed E-state index contributed by atoms with van der Waals surface area (Å²) >= 11 is 1.47. The van der Waals surface area contributed by atoms with Crippen molar-refractivity contribution in [1.29, 1.82) is 0 Å². The first kappa shape index (κ1) is 20.7. The van der Waals surface area contributed by atoms with E-state index in [1.807, 2.05) is 41.8 Å². The number of carbonyl (C=O) groups excluding carboxylic acids is 1. The number of nitrogens with one attached hydrogen (secondary N) is 1. The van der Waals surface area contributed by atoms with E-state index in [0.717, 1.165) is 16.0 Å². The van der Waals surface area contributed by atoms with Crippen molar-refractivity contribution in [2.24, 2.45) is 0 Å². The van der Waals surface area contributed by atoms with Crippen molar-refractivity contribution in [2.45, 2.75) is 13.1 Å². The number of thiophene rings is 1. The van der Waals surface area contributed by atoms with E-state index in [9.17, 15) is 9.18 Å². The lowest BCUT2D eigenvalue weighted by Crippen LogP contribution is -2.25. The monoisotopic (exact) mass is 459 g/mol. The topological polar surface area (TPSA) is 90.5 Å². The molecule has 0 bridgehead atoms. The van der Waals surface area contributed by atoms with Crippen molar-refractivity contribution in [1.82, 2.24) is 34.8 Å². The van der Waals surface area contributed by atoms with E-state index in [4.69, 9.17) is 0 Å². The quantitative estimate of drug-likeness (QED) is 0.401. The Morgan fingerprint density at radius 3 is 2.70 bits per heavy atom. The Morgan fingerprint density at radius 2 is 1.94 bits per heavy atom. The fourth-order valence-corrected chi connectivity index (χ4v) is 4.09. The van der Waals surface area contributed by atoms with Crippen LogP contribution in [0.4, 0.5) is 4.39 Å². The Labute approximate surface area is 192 Å². The summed E-state index contributed by atoms with van der Waals surface area (Å²) in [6.07, 6.45) is 3.13. The van der Waals surface area contributed by atoms with Crippen LogP contribution in [0.3, 0.4) is 0 Å². The van der Waals surface area contributed by atoms with E-state index in [1.165, 1.54) is 34.5 Å². The van der Waals surface area contributed by atoms with Crippen LogP contribution in [0.2, 0.25) is 0 Å². The molecule has 0 radical (unpaired) electrons. The first-order valence-electron chi connectivity index (χ1n) is 10.1. The molecule has 33 heavy (non-hydrogen) atoms. The second-order valence-electron chi connectivity index (χ2n) is 7.17. The molecule has 3 heterocycles. The molecule has 0 aliphatic rings. The number of amides is 1. The number of carbonyl (C=O) groups is 1. The van der Waals surface area contributed by atoms with Crippen LogP contribution >= 0.6 is 11.3 Å². The van der Waals surface area contributed by atoms with Gasteiger partial charge in [-0.3, -0.25) is 4.79 Å². The summed E-state index contributed by atoms with van der Waals surface area (Å²) < 4.78 is 17.0. The van der Waals surface area contributed by atoms with Gasteiger partial charge in [0.1, 0.15) is 18.5 Å². The zero-order chi connectivity index (χ0) is 22.6. The highest BCUT2D eigenvalue weighted by Crippen LogP contribution is 2.26. The Kier molecular flexibility index (Phi) is 5.73. The fourth-order valence-electron chi connectivity index (χ4n) is 3.39. The molecule has 8 nitrogen and oxygen atoms in total. The third-order valence-corrected chi connectivity index (χ3v) is 5.83. The van der Waals surface area contributed by atoms with E-state index in [2.05, 4.69) is 25.5 Å². The maximum absolute atomic E-state index is 13.8. The van der Waals surface area contributed by atoms with Gasteiger partial charge in [-0.15, -0.1) is 16.4 Å². The molecule has 164 valence electrons. The highest BCUT2D eigenvalue weighted by atomic mass is 32.1. The highest BCUT2D eigenvalue weighted by Gasteiger charge is 2.20. The minimum absolute atomic E-state index is 0.0106. The van der Waals surface area contributed by atoms with Crippen LogP contribution in [0.15, 0.2) is 78.7 Å². The van der Waals surface area contributed by atoms with E-state index in [-0.39, 0.29) is 5.82 Å². The van der Waals surface area contributed by atoms with Gasteiger partial charge in [0.15, 0.2) is 5.82 Å². The molecule has 0 aliphatic heterocycles. The first-order valence-corrected chi connectivity index (χ1v) is 11.0. The Balaban J connectivity index is 1.39. The van der Waals surface area contributed by atoms with Crippen LogP contribution in [-0.2, 0) is 13.1 Å². The second kappa shape index (κ2) is 9.13. The molecule has 10 heteroatoms. The summed E-state index contributed by atoms with van der Waals surface area (Å²) in [6, 6.07) is 17.6. The zero-order valence-electron chi connectivity index (χ0n) is 17.3. The molecule has 2 aromatic carbocycles. The molecular weight excluding hydrogens is 441 g/mol. The molecule has 0 fully saturated rings. The van der Waals surface area contributed by atoms with Gasteiger partial charge < -0.3 is 5.32 Å². The molecule has 0 aliphatic carbocycles.